The number of carbonyl (C=O) groups excluding carboxylic acids is 1. The molecule has 18 heavy (non-hydrogen) atoms. The van der Waals surface area contributed by atoms with E-state index in [2.05, 4.69) is 21.2 Å². The predicted octanol–water partition coefficient (Wildman–Crippen LogP) is 2.84. The summed E-state index contributed by atoms with van der Waals surface area (Å²) in [6, 6.07) is 7.60. The van der Waals surface area contributed by atoms with E-state index in [1.807, 2.05) is 24.3 Å². The molecular formula is C14H19BrN2O. The van der Waals surface area contributed by atoms with Crippen molar-refractivity contribution in [2.75, 3.05) is 0 Å². The van der Waals surface area contributed by atoms with Crippen molar-refractivity contribution in [1.82, 2.24) is 5.32 Å². The van der Waals surface area contributed by atoms with Gasteiger partial charge in [0.15, 0.2) is 0 Å². The van der Waals surface area contributed by atoms with Gasteiger partial charge in [0.1, 0.15) is 0 Å². The molecule has 1 aromatic rings. The molecule has 0 heterocycles. The minimum absolute atomic E-state index is 0.0233. The molecule has 0 radical (unpaired) electrons. The van der Waals surface area contributed by atoms with Crippen LogP contribution in [0.1, 0.15) is 42.5 Å². The highest BCUT2D eigenvalue weighted by Gasteiger charge is 2.22. The van der Waals surface area contributed by atoms with E-state index in [0.29, 0.717) is 5.56 Å². The Labute approximate surface area is 116 Å². The van der Waals surface area contributed by atoms with Gasteiger partial charge in [-0.2, -0.15) is 0 Å². The Morgan fingerprint density at radius 1 is 1.17 bits per heavy atom. The molecule has 1 fully saturated rings. The fourth-order valence-electron chi connectivity index (χ4n) is 2.37. The van der Waals surface area contributed by atoms with Gasteiger partial charge in [0.2, 0.25) is 0 Å². The van der Waals surface area contributed by atoms with Crippen molar-refractivity contribution < 1.29 is 4.79 Å². The standard InChI is InChI=1S/C14H19BrN2O/c15-11-8-6-10(7-9-11)14(18)17-13-5-3-1-2-4-12(13)16/h6-9,12-13H,1-5,16H2,(H,17,18). The Bertz CT molecular complexity index is 405. The molecule has 0 aromatic heterocycles. The Balaban J connectivity index is 1.99. The minimum atomic E-state index is -0.0233. The van der Waals surface area contributed by atoms with Crippen molar-refractivity contribution >= 4 is 21.8 Å². The van der Waals surface area contributed by atoms with E-state index >= 15 is 0 Å². The summed E-state index contributed by atoms with van der Waals surface area (Å²) in [5, 5.41) is 3.07. The summed E-state index contributed by atoms with van der Waals surface area (Å²) in [5.41, 5.74) is 6.80. The van der Waals surface area contributed by atoms with Crippen molar-refractivity contribution in [3.63, 3.8) is 0 Å². The van der Waals surface area contributed by atoms with E-state index in [0.717, 1.165) is 23.7 Å². The Kier molecular flexibility index (Phi) is 4.78. The van der Waals surface area contributed by atoms with Crippen LogP contribution >= 0.6 is 15.9 Å². The average molecular weight is 311 g/mol. The average Bonchev–Trinajstić information content (AvgIpc) is 2.56. The summed E-state index contributed by atoms with van der Waals surface area (Å²) in [6.45, 7) is 0. The van der Waals surface area contributed by atoms with Crippen LogP contribution in [0.2, 0.25) is 0 Å². The minimum Gasteiger partial charge on any atom is -0.348 e. The van der Waals surface area contributed by atoms with Crippen molar-refractivity contribution in [2.24, 2.45) is 5.73 Å². The van der Waals surface area contributed by atoms with Crippen LogP contribution in [0.15, 0.2) is 28.7 Å². The summed E-state index contributed by atoms with van der Waals surface area (Å²) < 4.78 is 0.977. The van der Waals surface area contributed by atoms with Gasteiger partial charge in [-0.05, 0) is 37.1 Å². The van der Waals surface area contributed by atoms with Crippen LogP contribution in [0.5, 0.6) is 0 Å². The maximum absolute atomic E-state index is 12.1. The zero-order valence-electron chi connectivity index (χ0n) is 10.4. The molecule has 4 heteroatoms. The third kappa shape index (κ3) is 3.56. The zero-order valence-corrected chi connectivity index (χ0v) is 11.9. The molecule has 0 bridgehead atoms. The predicted molar refractivity (Wildman–Crippen MR) is 76.5 cm³/mol. The number of nitrogens with one attached hydrogen (secondary N) is 1. The smallest absolute Gasteiger partial charge is 0.251 e. The topological polar surface area (TPSA) is 55.1 Å². The molecule has 0 aliphatic heterocycles. The van der Waals surface area contributed by atoms with E-state index in [1.165, 1.54) is 12.8 Å². The molecule has 0 spiro atoms. The number of halogens is 1. The number of carbonyl (C=O) groups is 1. The molecule has 1 saturated carbocycles. The fourth-order valence-corrected chi connectivity index (χ4v) is 2.63. The normalized spacial score (nSPS) is 24.3. The van der Waals surface area contributed by atoms with E-state index in [9.17, 15) is 4.79 Å². The van der Waals surface area contributed by atoms with Gasteiger partial charge in [0.25, 0.3) is 5.91 Å². The van der Waals surface area contributed by atoms with Gasteiger partial charge in [-0.1, -0.05) is 35.2 Å². The third-order valence-electron chi connectivity index (χ3n) is 3.49. The second-order valence-electron chi connectivity index (χ2n) is 4.89. The Morgan fingerprint density at radius 2 is 1.83 bits per heavy atom. The molecule has 1 aromatic carbocycles. The van der Waals surface area contributed by atoms with Gasteiger partial charge in [-0.15, -0.1) is 0 Å². The number of nitrogens with two attached hydrogens (primary N) is 1. The van der Waals surface area contributed by atoms with Crippen LogP contribution in [-0.2, 0) is 0 Å². The molecule has 3 nitrogen and oxygen atoms in total. The molecular weight excluding hydrogens is 292 g/mol. The third-order valence-corrected chi connectivity index (χ3v) is 4.02. The first-order valence-electron chi connectivity index (χ1n) is 6.49. The molecule has 1 amide bonds. The second-order valence-corrected chi connectivity index (χ2v) is 5.80. The number of rotatable bonds is 2. The monoisotopic (exact) mass is 310 g/mol. The van der Waals surface area contributed by atoms with E-state index in [4.69, 9.17) is 5.73 Å². The lowest BCUT2D eigenvalue weighted by Gasteiger charge is -2.22. The van der Waals surface area contributed by atoms with Crippen LogP contribution < -0.4 is 11.1 Å². The lowest BCUT2D eigenvalue weighted by Crippen LogP contribution is -2.46. The number of hydrogen-bond donors (Lipinski definition) is 2. The highest BCUT2D eigenvalue weighted by Crippen LogP contribution is 2.17. The van der Waals surface area contributed by atoms with Gasteiger partial charge in [0, 0.05) is 22.1 Å². The van der Waals surface area contributed by atoms with E-state index < -0.39 is 0 Å². The van der Waals surface area contributed by atoms with Crippen LogP contribution in [-0.4, -0.2) is 18.0 Å². The van der Waals surface area contributed by atoms with Crippen LogP contribution in [0.4, 0.5) is 0 Å². The molecule has 3 N–H and O–H groups in total. The highest BCUT2D eigenvalue weighted by molar-refractivity contribution is 9.10. The molecule has 1 aliphatic rings. The Morgan fingerprint density at radius 3 is 2.56 bits per heavy atom. The second kappa shape index (κ2) is 6.34. The molecule has 2 unspecified atom stereocenters. The van der Waals surface area contributed by atoms with Crippen molar-refractivity contribution in [3.05, 3.63) is 34.3 Å². The van der Waals surface area contributed by atoms with Crippen molar-refractivity contribution in [1.29, 1.82) is 0 Å². The van der Waals surface area contributed by atoms with E-state index in [1.54, 1.807) is 0 Å². The Hall–Kier alpha value is -0.870. The maximum Gasteiger partial charge on any atom is 0.251 e. The van der Waals surface area contributed by atoms with Gasteiger partial charge in [-0.3, -0.25) is 4.79 Å². The first-order valence-corrected chi connectivity index (χ1v) is 7.28. The van der Waals surface area contributed by atoms with Crippen LogP contribution in [0, 0.1) is 0 Å². The van der Waals surface area contributed by atoms with Gasteiger partial charge in [-0.25, -0.2) is 0 Å². The first kappa shape index (κ1) is 13.6. The lowest BCUT2D eigenvalue weighted by molar-refractivity contribution is 0.0929. The van der Waals surface area contributed by atoms with Crippen molar-refractivity contribution in [2.45, 2.75) is 44.2 Å². The SMILES string of the molecule is NC1CCCCCC1NC(=O)c1ccc(Br)cc1. The lowest BCUT2D eigenvalue weighted by atomic mass is 10.0. The summed E-state index contributed by atoms with van der Waals surface area (Å²) in [4.78, 5) is 12.1. The highest BCUT2D eigenvalue weighted by atomic mass is 79.9. The molecule has 98 valence electrons. The summed E-state index contributed by atoms with van der Waals surface area (Å²) in [6.07, 6.45) is 5.54. The summed E-state index contributed by atoms with van der Waals surface area (Å²) >= 11 is 3.36. The van der Waals surface area contributed by atoms with E-state index in [-0.39, 0.29) is 18.0 Å². The molecule has 1 aliphatic carbocycles. The van der Waals surface area contributed by atoms with Crippen LogP contribution in [0.25, 0.3) is 0 Å². The largest absolute Gasteiger partial charge is 0.348 e. The summed E-state index contributed by atoms with van der Waals surface area (Å²) in [5.74, 6) is -0.0233. The molecule has 2 rings (SSSR count). The van der Waals surface area contributed by atoms with Crippen LogP contribution in [0.3, 0.4) is 0 Å². The number of amides is 1. The molecule has 2 atom stereocenters. The molecule has 0 saturated heterocycles. The fraction of sp³-hybridized carbons (Fsp3) is 0.500. The van der Waals surface area contributed by atoms with Gasteiger partial charge < -0.3 is 11.1 Å². The number of hydrogen-bond acceptors (Lipinski definition) is 2. The zero-order chi connectivity index (χ0) is 13.0. The first-order chi connectivity index (χ1) is 8.66. The van der Waals surface area contributed by atoms with Gasteiger partial charge in [0.05, 0.1) is 0 Å². The van der Waals surface area contributed by atoms with Gasteiger partial charge >= 0.3 is 0 Å². The van der Waals surface area contributed by atoms with Crippen molar-refractivity contribution in [3.8, 4) is 0 Å². The maximum atomic E-state index is 12.1. The quantitative estimate of drug-likeness (QED) is 0.825. The summed E-state index contributed by atoms with van der Waals surface area (Å²) in [7, 11) is 0. The number of benzene rings is 1.